The number of carboxylic acids is 1. The van der Waals surface area contributed by atoms with E-state index < -0.39 is 45.1 Å². The Morgan fingerprint density at radius 3 is 2.00 bits per heavy atom. The van der Waals surface area contributed by atoms with Gasteiger partial charge in [0.05, 0.1) is 24.4 Å². The number of carbonyl (C=O) groups is 2. The van der Waals surface area contributed by atoms with Gasteiger partial charge in [0.1, 0.15) is 0 Å². The summed E-state index contributed by atoms with van der Waals surface area (Å²) in [6, 6.07) is 0. The van der Waals surface area contributed by atoms with E-state index >= 15 is 0 Å². The summed E-state index contributed by atoms with van der Waals surface area (Å²) in [5.41, 5.74) is 0. The van der Waals surface area contributed by atoms with Crippen LogP contribution in [-0.2, 0) is 35.8 Å². The molecule has 0 aromatic carbocycles. The molecule has 0 radical (unpaired) electrons. The Labute approximate surface area is 171 Å². The summed E-state index contributed by atoms with van der Waals surface area (Å²) in [5.74, 6) is -2.72. The van der Waals surface area contributed by atoms with Crippen molar-refractivity contribution in [3.8, 4) is 0 Å². The minimum absolute atomic E-state index is 0. The van der Waals surface area contributed by atoms with Gasteiger partial charge in [0.25, 0.3) is 10.1 Å². The van der Waals surface area contributed by atoms with Crippen LogP contribution in [0.4, 0.5) is 0 Å². The molecule has 0 aliphatic heterocycles. The number of aliphatic carboxylic acids is 1. The molecule has 2 unspecified atom stereocenters. The molecule has 10 nitrogen and oxygen atoms in total. The normalized spacial score (nSPS) is 12.8. The van der Waals surface area contributed by atoms with Crippen molar-refractivity contribution in [3.05, 3.63) is 0 Å². The van der Waals surface area contributed by atoms with Gasteiger partial charge in [-0.1, -0.05) is 39.0 Å². The first-order chi connectivity index (χ1) is 11.0. The second kappa shape index (κ2) is 17.3. The molecule has 0 rings (SSSR count). The summed E-state index contributed by atoms with van der Waals surface area (Å²) in [6.45, 7) is 2.12. The van der Waals surface area contributed by atoms with Gasteiger partial charge in [0.2, 0.25) is 0 Å². The van der Waals surface area contributed by atoms with Crippen LogP contribution in [-0.4, -0.2) is 55.2 Å². The fourth-order valence-corrected chi connectivity index (χ4v) is 2.28. The van der Waals surface area contributed by atoms with Crippen molar-refractivity contribution in [1.82, 2.24) is 0 Å². The minimum atomic E-state index is -4.77. The van der Waals surface area contributed by atoms with E-state index in [0.29, 0.717) is 6.42 Å². The van der Waals surface area contributed by atoms with Crippen molar-refractivity contribution in [2.45, 2.75) is 57.1 Å². The number of carbonyl (C=O) groups excluding carboxylic acids is 1. The van der Waals surface area contributed by atoms with Crippen molar-refractivity contribution >= 4 is 33.4 Å². The zero-order chi connectivity index (χ0) is 19.2. The number of hydrogen-bond acceptors (Lipinski definition) is 7. The van der Waals surface area contributed by atoms with Crippen LogP contribution in [0.2, 0.25) is 0 Å². The van der Waals surface area contributed by atoms with E-state index in [-0.39, 0.29) is 36.2 Å². The fourth-order valence-electron chi connectivity index (χ4n) is 1.62. The standard InChI is InChI=1S/C12H22O7S.Na.H2O3S/c1-2-3-4-5-6-7-8-19-12(15)10(9-11(13)14)20(16,17)18;;1-4(2)3/h10H,2-9H2,1H3,(H,13,14)(H,16,17,18);;(H2,1,2,3)/q;+1;/p-1. The Bertz CT molecular complexity index is 490. The first-order valence-corrected chi connectivity index (χ1v) is 9.68. The van der Waals surface area contributed by atoms with Crippen LogP contribution in [0.3, 0.4) is 0 Å². The van der Waals surface area contributed by atoms with Crippen molar-refractivity contribution in [3.63, 3.8) is 0 Å². The molecule has 0 aliphatic carbocycles. The first kappa shape index (κ1) is 29.7. The van der Waals surface area contributed by atoms with Crippen LogP contribution in [0, 0.1) is 0 Å². The summed E-state index contributed by atoms with van der Waals surface area (Å²) in [7, 11) is -4.77. The van der Waals surface area contributed by atoms with Crippen LogP contribution >= 0.6 is 0 Å². The van der Waals surface area contributed by atoms with Gasteiger partial charge in [-0.05, 0) is 6.42 Å². The summed E-state index contributed by atoms with van der Waals surface area (Å²) in [5, 5.41) is 6.45. The number of esters is 1. The SMILES string of the molecule is CCCCCCCCOC(=O)C(CC(=O)O)S(=O)(=O)O.O=S([O-])O.[Na+]. The Kier molecular flexibility index (Phi) is 20.6. The third kappa shape index (κ3) is 21.9. The third-order valence-electron chi connectivity index (χ3n) is 2.72. The minimum Gasteiger partial charge on any atom is -0.750 e. The molecule has 0 aromatic heterocycles. The molecular weight excluding hydrogens is 391 g/mol. The molecule has 2 atom stereocenters. The maximum absolute atomic E-state index is 11.4. The van der Waals surface area contributed by atoms with E-state index in [4.69, 9.17) is 27.7 Å². The van der Waals surface area contributed by atoms with Gasteiger partial charge in [-0.15, -0.1) is 0 Å². The molecule has 0 amide bonds. The topological polar surface area (TPSA) is 178 Å². The number of rotatable bonds is 11. The van der Waals surface area contributed by atoms with Crippen LogP contribution in [0.25, 0.3) is 0 Å². The number of ether oxygens (including phenoxy) is 1. The summed E-state index contributed by atoms with van der Waals surface area (Å²) < 4.78 is 59.4. The smallest absolute Gasteiger partial charge is 0.750 e. The number of carboxylic acid groups (broad SMARTS) is 1. The van der Waals surface area contributed by atoms with E-state index in [0.717, 1.165) is 32.1 Å². The van der Waals surface area contributed by atoms with Crippen LogP contribution in [0.1, 0.15) is 51.9 Å². The Morgan fingerprint density at radius 2 is 1.60 bits per heavy atom. The van der Waals surface area contributed by atoms with E-state index in [1.807, 2.05) is 0 Å². The Morgan fingerprint density at radius 1 is 1.16 bits per heavy atom. The Hall–Kier alpha value is -0.0800. The number of unbranched alkanes of at least 4 members (excludes halogenated alkanes) is 5. The van der Waals surface area contributed by atoms with Gasteiger partial charge in [0, 0.05) is 0 Å². The zero-order valence-corrected chi connectivity index (χ0v) is 17.9. The molecule has 0 saturated carbocycles. The molecule has 144 valence electrons. The molecule has 0 bridgehead atoms. The first-order valence-electron chi connectivity index (χ1n) is 7.15. The van der Waals surface area contributed by atoms with Crippen molar-refractivity contribution in [2.24, 2.45) is 0 Å². The van der Waals surface area contributed by atoms with E-state index in [2.05, 4.69) is 6.92 Å². The van der Waals surface area contributed by atoms with Crippen molar-refractivity contribution < 1.29 is 75.3 Å². The molecule has 25 heavy (non-hydrogen) atoms. The predicted molar refractivity (Wildman–Crippen MR) is 83.5 cm³/mol. The van der Waals surface area contributed by atoms with Crippen molar-refractivity contribution in [2.75, 3.05) is 6.61 Å². The van der Waals surface area contributed by atoms with Crippen LogP contribution < -0.4 is 29.6 Å². The average molecular weight is 414 g/mol. The molecule has 0 aromatic rings. The summed E-state index contributed by atoms with van der Waals surface area (Å²) >= 11 is -2.86. The molecule has 0 heterocycles. The molecule has 3 N–H and O–H groups in total. The van der Waals surface area contributed by atoms with Gasteiger partial charge in [0.15, 0.2) is 5.25 Å². The second-order valence-electron chi connectivity index (χ2n) is 4.75. The van der Waals surface area contributed by atoms with Crippen LogP contribution in [0.5, 0.6) is 0 Å². The maximum Gasteiger partial charge on any atom is 1.00 e. The largest absolute Gasteiger partial charge is 1.00 e. The van der Waals surface area contributed by atoms with Gasteiger partial charge >= 0.3 is 41.5 Å². The summed E-state index contributed by atoms with van der Waals surface area (Å²) in [4.78, 5) is 21.9. The van der Waals surface area contributed by atoms with Gasteiger partial charge < -0.3 is 18.9 Å². The molecule has 0 aliphatic rings. The van der Waals surface area contributed by atoms with Crippen molar-refractivity contribution in [1.29, 1.82) is 0 Å². The molecule has 13 heteroatoms. The average Bonchev–Trinajstić information content (AvgIpc) is 2.41. The fraction of sp³-hybridized carbons (Fsp3) is 0.833. The third-order valence-corrected chi connectivity index (χ3v) is 3.80. The predicted octanol–water partition coefficient (Wildman–Crippen LogP) is -2.04. The van der Waals surface area contributed by atoms with E-state index in [1.165, 1.54) is 0 Å². The zero-order valence-electron chi connectivity index (χ0n) is 14.3. The number of hydrogen-bond donors (Lipinski definition) is 3. The van der Waals surface area contributed by atoms with Crippen LogP contribution in [0.15, 0.2) is 0 Å². The van der Waals surface area contributed by atoms with Gasteiger partial charge in [-0.3, -0.25) is 14.1 Å². The van der Waals surface area contributed by atoms with Gasteiger partial charge in [-0.2, -0.15) is 8.42 Å². The van der Waals surface area contributed by atoms with Gasteiger partial charge in [-0.25, -0.2) is 4.21 Å². The molecule has 0 spiro atoms. The molecule has 0 fully saturated rings. The molecular formula is C12H23NaO10S2. The maximum atomic E-state index is 11.4. The van der Waals surface area contributed by atoms with E-state index in [1.54, 1.807) is 0 Å². The van der Waals surface area contributed by atoms with E-state index in [9.17, 15) is 18.0 Å². The Balaban J connectivity index is -0.000000867. The summed E-state index contributed by atoms with van der Waals surface area (Å²) in [6.07, 6.45) is 4.79. The second-order valence-corrected chi connectivity index (χ2v) is 6.79. The molecule has 0 saturated heterocycles. The quantitative estimate of drug-likeness (QED) is 0.112. The monoisotopic (exact) mass is 414 g/mol.